The number of phenolic OH excluding ortho intramolecular Hbond substituents is 1. The van der Waals surface area contributed by atoms with Crippen molar-refractivity contribution >= 4 is 5.78 Å². The second-order valence-electron chi connectivity index (χ2n) is 5.94. The number of likely N-dealkylation sites (tertiary alicyclic amines) is 1. The van der Waals surface area contributed by atoms with Crippen LogP contribution in [0.4, 0.5) is 4.39 Å². The summed E-state index contributed by atoms with van der Waals surface area (Å²) in [6, 6.07) is 2.89. The van der Waals surface area contributed by atoms with E-state index >= 15 is 0 Å². The molecule has 1 heterocycles. The monoisotopic (exact) mass is 279 g/mol. The molecule has 1 saturated heterocycles. The molecule has 0 spiro atoms. The fraction of sp³-hybridized carbons (Fsp3) is 0.562. The quantitative estimate of drug-likeness (QED) is 0.859. The zero-order valence-electron chi connectivity index (χ0n) is 12.3. The second-order valence-corrected chi connectivity index (χ2v) is 5.94. The Kier molecular flexibility index (Phi) is 4.43. The van der Waals surface area contributed by atoms with Gasteiger partial charge in [-0.3, -0.25) is 9.69 Å². The third-order valence-electron chi connectivity index (χ3n) is 4.09. The van der Waals surface area contributed by atoms with Gasteiger partial charge in [0.15, 0.2) is 5.78 Å². The third kappa shape index (κ3) is 3.01. The van der Waals surface area contributed by atoms with Gasteiger partial charge in [0.1, 0.15) is 11.6 Å². The molecular formula is C16H22FNO2. The van der Waals surface area contributed by atoms with E-state index in [-0.39, 0.29) is 17.1 Å². The van der Waals surface area contributed by atoms with Gasteiger partial charge < -0.3 is 5.11 Å². The van der Waals surface area contributed by atoms with Crippen molar-refractivity contribution in [2.75, 3.05) is 6.54 Å². The summed E-state index contributed by atoms with van der Waals surface area (Å²) in [5, 5.41) is 10.2. The summed E-state index contributed by atoms with van der Waals surface area (Å²) in [5.74, 6) is -0.331. The van der Waals surface area contributed by atoms with Crippen LogP contribution in [-0.2, 0) is 6.54 Å². The fourth-order valence-electron chi connectivity index (χ4n) is 3.07. The molecule has 1 aliphatic heterocycles. The van der Waals surface area contributed by atoms with Crippen molar-refractivity contribution in [3.63, 3.8) is 0 Å². The zero-order valence-corrected chi connectivity index (χ0v) is 12.3. The molecule has 0 aliphatic carbocycles. The van der Waals surface area contributed by atoms with Crippen LogP contribution in [0.1, 0.15) is 49.5 Å². The van der Waals surface area contributed by atoms with Gasteiger partial charge >= 0.3 is 0 Å². The summed E-state index contributed by atoms with van der Waals surface area (Å²) in [6.45, 7) is 7.14. The van der Waals surface area contributed by atoms with E-state index in [2.05, 4.69) is 18.7 Å². The van der Waals surface area contributed by atoms with E-state index in [0.717, 1.165) is 25.5 Å². The van der Waals surface area contributed by atoms with Crippen molar-refractivity contribution in [3.05, 3.63) is 29.1 Å². The standard InChI is InChI=1S/C16H22FNO2/c1-10(2)15-5-4-6-18(15)9-12-7-13(17)8-14(11(3)19)16(12)20/h7-8,10,15,20H,4-6,9H2,1-3H3. The molecule has 0 saturated carbocycles. The van der Waals surface area contributed by atoms with Gasteiger partial charge in [-0.15, -0.1) is 0 Å². The molecule has 20 heavy (non-hydrogen) atoms. The molecule has 1 aromatic rings. The first-order valence-electron chi connectivity index (χ1n) is 7.16. The summed E-state index contributed by atoms with van der Waals surface area (Å²) >= 11 is 0. The van der Waals surface area contributed by atoms with Crippen LogP contribution >= 0.6 is 0 Å². The van der Waals surface area contributed by atoms with Gasteiger partial charge in [0.05, 0.1) is 5.56 Å². The minimum absolute atomic E-state index is 0.0697. The van der Waals surface area contributed by atoms with E-state index in [4.69, 9.17) is 0 Å². The summed E-state index contributed by atoms with van der Waals surface area (Å²) < 4.78 is 13.6. The van der Waals surface area contributed by atoms with Gasteiger partial charge in [0, 0.05) is 18.2 Å². The Balaban J connectivity index is 2.27. The number of carbonyl (C=O) groups excluding carboxylic acids is 1. The van der Waals surface area contributed by atoms with Crippen LogP contribution in [0.25, 0.3) is 0 Å². The van der Waals surface area contributed by atoms with Crippen molar-refractivity contribution in [2.24, 2.45) is 5.92 Å². The highest BCUT2D eigenvalue weighted by atomic mass is 19.1. The number of phenols is 1. The third-order valence-corrected chi connectivity index (χ3v) is 4.09. The van der Waals surface area contributed by atoms with Crippen LogP contribution in [0.2, 0.25) is 0 Å². The van der Waals surface area contributed by atoms with E-state index in [1.54, 1.807) is 0 Å². The Bertz CT molecular complexity index is 513. The van der Waals surface area contributed by atoms with E-state index in [0.29, 0.717) is 24.1 Å². The number of aromatic hydroxyl groups is 1. The zero-order chi connectivity index (χ0) is 14.9. The molecule has 4 heteroatoms. The molecule has 1 fully saturated rings. The van der Waals surface area contributed by atoms with Crippen LogP contribution < -0.4 is 0 Å². The molecule has 1 aromatic carbocycles. The predicted molar refractivity (Wildman–Crippen MR) is 76.3 cm³/mol. The lowest BCUT2D eigenvalue weighted by Crippen LogP contribution is -2.33. The maximum Gasteiger partial charge on any atom is 0.163 e. The number of hydrogen-bond acceptors (Lipinski definition) is 3. The Labute approximate surface area is 119 Å². The number of rotatable bonds is 4. The highest BCUT2D eigenvalue weighted by Crippen LogP contribution is 2.30. The average molecular weight is 279 g/mol. The predicted octanol–water partition coefficient (Wildman–Crippen LogP) is 3.35. The smallest absolute Gasteiger partial charge is 0.163 e. The minimum atomic E-state index is -0.469. The summed E-state index contributed by atoms with van der Waals surface area (Å²) in [7, 11) is 0. The average Bonchev–Trinajstić information content (AvgIpc) is 2.81. The molecular weight excluding hydrogens is 257 g/mol. The number of carbonyl (C=O) groups is 1. The molecule has 1 aliphatic rings. The molecule has 3 nitrogen and oxygen atoms in total. The second kappa shape index (κ2) is 5.92. The van der Waals surface area contributed by atoms with Crippen molar-refractivity contribution in [1.29, 1.82) is 0 Å². The van der Waals surface area contributed by atoms with Crippen molar-refractivity contribution in [1.82, 2.24) is 4.90 Å². The fourth-order valence-corrected chi connectivity index (χ4v) is 3.07. The Morgan fingerprint density at radius 2 is 2.20 bits per heavy atom. The number of hydrogen-bond donors (Lipinski definition) is 1. The van der Waals surface area contributed by atoms with Gasteiger partial charge in [-0.2, -0.15) is 0 Å². The number of benzene rings is 1. The molecule has 1 atom stereocenters. The topological polar surface area (TPSA) is 40.5 Å². The largest absolute Gasteiger partial charge is 0.507 e. The normalized spacial score (nSPS) is 19.8. The van der Waals surface area contributed by atoms with Crippen molar-refractivity contribution in [2.45, 2.75) is 46.2 Å². The Morgan fingerprint density at radius 1 is 1.50 bits per heavy atom. The van der Waals surface area contributed by atoms with E-state index in [9.17, 15) is 14.3 Å². The lowest BCUT2D eigenvalue weighted by Gasteiger charge is -2.28. The SMILES string of the molecule is CC(=O)c1cc(F)cc(CN2CCCC2C(C)C)c1O. The van der Waals surface area contributed by atoms with Gasteiger partial charge in [-0.05, 0) is 44.4 Å². The van der Waals surface area contributed by atoms with Crippen LogP contribution in [0.3, 0.4) is 0 Å². The highest BCUT2D eigenvalue weighted by Gasteiger charge is 2.28. The molecule has 0 amide bonds. The molecule has 1 N–H and O–H groups in total. The van der Waals surface area contributed by atoms with Crippen molar-refractivity contribution in [3.8, 4) is 5.75 Å². The van der Waals surface area contributed by atoms with Gasteiger partial charge in [0.2, 0.25) is 0 Å². The minimum Gasteiger partial charge on any atom is -0.507 e. The number of nitrogens with zero attached hydrogens (tertiary/aromatic N) is 1. The molecule has 2 rings (SSSR count). The molecule has 0 aromatic heterocycles. The van der Waals surface area contributed by atoms with Crippen molar-refractivity contribution < 1.29 is 14.3 Å². The van der Waals surface area contributed by atoms with Crippen LogP contribution in [-0.4, -0.2) is 28.4 Å². The molecule has 1 unspecified atom stereocenters. The lowest BCUT2D eigenvalue weighted by atomic mass is 10.0. The summed E-state index contributed by atoms with van der Waals surface area (Å²) in [4.78, 5) is 13.7. The summed E-state index contributed by atoms with van der Waals surface area (Å²) in [6.07, 6.45) is 2.26. The number of Topliss-reactive ketones (excluding diaryl/α,β-unsaturated/α-hetero) is 1. The number of halogens is 1. The lowest BCUT2D eigenvalue weighted by molar-refractivity contribution is 0.101. The first kappa shape index (κ1) is 15.0. The molecule has 0 bridgehead atoms. The van der Waals surface area contributed by atoms with Crippen LogP contribution in [0, 0.1) is 11.7 Å². The van der Waals surface area contributed by atoms with Gasteiger partial charge in [-0.25, -0.2) is 4.39 Å². The van der Waals surface area contributed by atoms with E-state index < -0.39 is 5.82 Å². The van der Waals surface area contributed by atoms with Gasteiger partial charge in [-0.1, -0.05) is 13.8 Å². The maximum atomic E-state index is 13.6. The van der Waals surface area contributed by atoms with Crippen LogP contribution in [0.15, 0.2) is 12.1 Å². The first-order chi connectivity index (χ1) is 9.40. The highest BCUT2D eigenvalue weighted by molar-refractivity contribution is 5.97. The summed E-state index contributed by atoms with van der Waals surface area (Å²) in [5.41, 5.74) is 0.572. The Hall–Kier alpha value is -1.42. The molecule has 0 radical (unpaired) electrons. The number of ketones is 1. The Morgan fingerprint density at radius 3 is 2.80 bits per heavy atom. The van der Waals surface area contributed by atoms with Crippen LogP contribution in [0.5, 0.6) is 5.75 Å². The first-order valence-corrected chi connectivity index (χ1v) is 7.16. The maximum absolute atomic E-state index is 13.6. The molecule has 110 valence electrons. The van der Waals surface area contributed by atoms with E-state index in [1.165, 1.54) is 13.0 Å². The van der Waals surface area contributed by atoms with Gasteiger partial charge in [0.25, 0.3) is 0 Å². The van der Waals surface area contributed by atoms with E-state index in [1.807, 2.05) is 0 Å².